The van der Waals surface area contributed by atoms with Crippen molar-refractivity contribution in [1.82, 2.24) is 19.5 Å². The summed E-state index contributed by atoms with van der Waals surface area (Å²) in [4.78, 5) is 25.1. The molecule has 0 saturated heterocycles. The maximum atomic E-state index is 11.3. The number of nitrogens with zero attached hydrogens (tertiary/aromatic N) is 5. The Kier molecular flexibility index (Phi) is 4.21. The Labute approximate surface area is 171 Å². The van der Waals surface area contributed by atoms with Gasteiger partial charge in [-0.1, -0.05) is 54.1 Å². The van der Waals surface area contributed by atoms with Crippen LogP contribution in [0.4, 0.5) is 5.69 Å². The second kappa shape index (κ2) is 7.04. The van der Waals surface area contributed by atoms with Gasteiger partial charge in [-0.15, -0.1) is 0 Å². The fourth-order valence-electron chi connectivity index (χ4n) is 3.50. The van der Waals surface area contributed by atoms with Crippen molar-refractivity contribution in [1.29, 1.82) is 0 Å². The van der Waals surface area contributed by atoms with Crippen LogP contribution in [0.2, 0.25) is 0 Å². The molecular formula is C23H17N5O2. The number of non-ortho nitro benzene ring substituents is 1. The van der Waals surface area contributed by atoms with Gasteiger partial charge in [0.25, 0.3) is 5.69 Å². The molecule has 3 aromatic carbocycles. The molecule has 0 N–H and O–H groups in total. The van der Waals surface area contributed by atoms with Gasteiger partial charge in [0, 0.05) is 17.7 Å². The zero-order valence-corrected chi connectivity index (χ0v) is 16.2. The fourth-order valence-corrected chi connectivity index (χ4v) is 3.50. The number of aromatic nitrogens is 4. The maximum absolute atomic E-state index is 11.3. The number of nitro groups is 1. The van der Waals surface area contributed by atoms with E-state index in [0.717, 1.165) is 16.6 Å². The topological polar surface area (TPSA) is 86.7 Å². The van der Waals surface area contributed by atoms with Crippen molar-refractivity contribution >= 4 is 28.0 Å². The predicted octanol–water partition coefficient (Wildman–Crippen LogP) is 4.91. The van der Waals surface area contributed by atoms with Crippen LogP contribution in [0, 0.1) is 17.0 Å². The summed E-state index contributed by atoms with van der Waals surface area (Å²) < 4.78 is 1.97. The van der Waals surface area contributed by atoms with Crippen LogP contribution in [-0.2, 0) is 6.54 Å². The minimum Gasteiger partial charge on any atom is -0.303 e. The normalized spacial score (nSPS) is 11.2. The molecule has 0 aliphatic heterocycles. The van der Waals surface area contributed by atoms with Crippen LogP contribution >= 0.6 is 0 Å². The van der Waals surface area contributed by atoms with Crippen molar-refractivity contribution in [3.8, 4) is 11.4 Å². The van der Waals surface area contributed by atoms with Crippen molar-refractivity contribution in [3.63, 3.8) is 0 Å². The van der Waals surface area contributed by atoms with E-state index in [1.807, 2.05) is 41.8 Å². The largest absolute Gasteiger partial charge is 0.303 e. The molecule has 0 bridgehead atoms. The van der Waals surface area contributed by atoms with Crippen molar-refractivity contribution < 1.29 is 4.92 Å². The van der Waals surface area contributed by atoms with E-state index in [9.17, 15) is 10.1 Å². The Morgan fingerprint density at radius 3 is 2.37 bits per heavy atom. The summed E-state index contributed by atoms with van der Waals surface area (Å²) in [6.45, 7) is 2.57. The number of hydrogen-bond donors (Lipinski definition) is 0. The summed E-state index contributed by atoms with van der Waals surface area (Å²) in [7, 11) is 0. The first-order chi connectivity index (χ1) is 14.6. The lowest BCUT2D eigenvalue weighted by Crippen LogP contribution is -2.04. The highest BCUT2D eigenvalue weighted by molar-refractivity contribution is 5.85. The van der Waals surface area contributed by atoms with Gasteiger partial charge in [0.1, 0.15) is 5.82 Å². The highest BCUT2D eigenvalue weighted by Gasteiger charge is 2.18. The summed E-state index contributed by atoms with van der Waals surface area (Å²) in [6.07, 6.45) is 0. The number of nitro benzene ring substituents is 1. The number of hydrogen-bond acceptors (Lipinski definition) is 5. The van der Waals surface area contributed by atoms with E-state index in [2.05, 4.69) is 29.2 Å². The van der Waals surface area contributed by atoms with Gasteiger partial charge in [-0.25, -0.2) is 15.0 Å². The Morgan fingerprint density at radius 1 is 0.900 bits per heavy atom. The Balaban J connectivity index is 1.75. The molecule has 2 heterocycles. The van der Waals surface area contributed by atoms with Crippen molar-refractivity contribution in [2.45, 2.75) is 13.5 Å². The summed E-state index contributed by atoms with van der Waals surface area (Å²) >= 11 is 0. The molecule has 0 spiro atoms. The minimum absolute atomic E-state index is 0.0209. The SMILES string of the molecule is Cc1ccc(Cn2c(-c3cccc([N+](=O)[O-])c3)nc3nc4ccccc4nc32)cc1. The van der Waals surface area contributed by atoms with Crippen LogP contribution in [0.5, 0.6) is 0 Å². The Hall–Kier alpha value is -4.13. The third-order valence-corrected chi connectivity index (χ3v) is 5.03. The van der Waals surface area contributed by atoms with Gasteiger partial charge < -0.3 is 4.57 Å². The third-order valence-electron chi connectivity index (χ3n) is 5.03. The summed E-state index contributed by atoms with van der Waals surface area (Å²) in [5.74, 6) is 0.601. The smallest absolute Gasteiger partial charge is 0.270 e. The second-order valence-corrected chi connectivity index (χ2v) is 7.17. The van der Waals surface area contributed by atoms with Gasteiger partial charge in [0.15, 0.2) is 11.3 Å². The Bertz CT molecular complexity index is 1410. The van der Waals surface area contributed by atoms with E-state index in [0.29, 0.717) is 29.2 Å². The van der Waals surface area contributed by atoms with Gasteiger partial charge in [-0.3, -0.25) is 10.1 Å². The van der Waals surface area contributed by atoms with E-state index < -0.39 is 4.92 Å². The van der Waals surface area contributed by atoms with E-state index >= 15 is 0 Å². The van der Waals surface area contributed by atoms with E-state index in [-0.39, 0.29) is 5.69 Å². The number of fused-ring (bicyclic) bond motifs is 2. The molecule has 0 fully saturated rings. The van der Waals surface area contributed by atoms with Crippen molar-refractivity contribution in [2.75, 3.05) is 0 Å². The van der Waals surface area contributed by atoms with Gasteiger partial charge >= 0.3 is 0 Å². The van der Waals surface area contributed by atoms with Crippen LogP contribution in [0.3, 0.4) is 0 Å². The molecule has 7 nitrogen and oxygen atoms in total. The highest BCUT2D eigenvalue weighted by Crippen LogP contribution is 2.28. The third kappa shape index (κ3) is 3.16. The van der Waals surface area contributed by atoms with E-state index in [4.69, 9.17) is 9.97 Å². The number of aryl methyl sites for hydroxylation is 1. The van der Waals surface area contributed by atoms with Crippen LogP contribution < -0.4 is 0 Å². The standard InChI is InChI=1S/C23H17N5O2/c1-15-9-11-16(12-10-15)14-27-22(17-5-4-6-18(13-17)28(29)30)26-21-23(27)25-20-8-3-2-7-19(20)24-21/h2-13H,14H2,1H3. The molecule has 0 aliphatic rings. The predicted molar refractivity (Wildman–Crippen MR) is 115 cm³/mol. The quantitative estimate of drug-likeness (QED) is 0.319. The molecule has 7 heteroatoms. The fraction of sp³-hybridized carbons (Fsp3) is 0.0870. The molecule has 0 atom stereocenters. The van der Waals surface area contributed by atoms with Crippen LogP contribution in [0.15, 0.2) is 72.8 Å². The summed E-state index contributed by atoms with van der Waals surface area (Å²) in [5.41, 5.74) is 5.64. The number of rotatable bonds is 4. The number of benzene rings is 3. The zero-order valence-electron chi connectivity index (χ0n) is 16.2. The van der Waals surface area contributed by atoms with E-state index in [1.54, 1.807) is 6.07 Å². The molecule has 2 aromatic heterocycles. The van der Waals surface area contributed by atoms with Crippen LogP contribution in [-0.4, -0.2) is 24.4 Å². The number of imidazole rings is 1. The molecule has 0 aliphatic carbocycles. The average Bonchev–Trinajstić information content (AvgIpc) is 3.11. The van der Waals surface area contributed by atoms with Crippen LogP contribution in [0.1, 0.15) is 11.1 Å². The molecule has 0 unspecified atom stereocenters. The van der Waals surface area contributed by atoms with Crippen LogP contribution in [0.25, 0.3) is 33.7 Å². The van der Waals surface area contributed by atoms with E-state index in [1.165, 1.54) is 17.7 Å². The van der Waals surface area contributed by atoms with Gasteiger partial charge in [0.2, 0.25) is 0 Å². The van der Waals surface area contributed by atoms with Gasteiger partial charge in [-0.2, -0.15) is 0 Å². The van der Waals surface area contributed by atoms with Crippen molar-refractivity contribution in [2.24, 2.45) is 0 Å². The minimum atomic E-state index is -0.402. The second-order valence-electron chi connectivity index (χ2n) is 7.17. The molecular weight excluding hydrogens is 378 g/mol. The lowest BCUT2D eigenvalue weighted by molar-refractivity contribution is -0.384. The molecule has 0 amide bonds. The molecule has 30 heavy (non-hydrogen) atoms. The lowest BCUT2D eigenvalue weighted by Gasteiger charge is -2.09. The average molecular weight is 395 g/mol. The molecule has 0 saturated carbocycles. The lowest BCUT2D eigenvalue weighted by atomic mass is 10.1. The molecule has 146 valence electrons. The molecule has 0 radical (unpaired) electrons. The molecule has 5 rings (SSSR count). The first-order valence-electron chi connectivity index (χ1n) is 9.52. The first-order valence-corrected chi connectivity index (χ1v) is 9.52. The summed E-state index contributed by atoms with van der Waals surface area (Å²) in [6, 6.07) is 22.4. The maximum Gasteiger partial charge on any atom is 0.270 e. The van der Waals surface area contributed by atoms with Crippen molar-refractivity contribution in [3.05, 3.63) is 94.0 Å². The monoisotopic (exact) mass is 395 g/mol. The first kappa shape index (κ1) is 17.9. The van der Waals surface area contributed by atoms with Gasteiger partial charge in [-0.05, 0) is 24.6 Å². The summed E-state index contributed by atoms with van der Waals surface area (Å²) in [5, 5.41) is 11.3. The zero-order chi connectivity index (χ0) is 20.7. The highest BCUT2D eigenvalue weighted by atomic mass is 16.6. The number of para-hydroxylation sites is 2. The molecule has 5 aromatic rings. The Morgan fingerprint density at radius 2 is 1.63 bits per heavy atom. The van der Waals surface area contributed by atoms with Gasteiger partial charge in [0.05, 0.1) is 22.5 Å².